The van der Waals surface area contributed by atoms with Crippen molar-refractivity contribution < 1.29 is 16.8 Å². The van der Waals surface area contributed by atoms with E-state index in [-0.39, 0.29) is 6.54 Å². The van der Waals surface area contributed by atoms with Crippen molar-refractivity contribution in [2.75, 3.05) is 11.3 Å². The van der Waals surface area contributed by atoms with Gasteiger partial charge in [-0.3, -0.25) is 4.72 Å². The van der Waals surface area contributed by atoms with Crippen LogP contribution in [-0.2, 0) is 33.0 Å². The zero-order chi connectivity index (χ0) is 18.2. The van der Waals surface area contributed by atoms with Crippen molar-refractivity contribution in [3.8, 4) is 0 Å². The van der Waals surface area contributed by atoms with Gasteiger partial charge in [-0.15, -0.1) is 11.3 Å². The second-order valence-electron chi connectivity index (χ2n) is 6.20. The van der Waals surface area contributed by atoms with Crippen molar-refractivity contribution in [3.63, 3.8) is 0 Å². The average Bonchev–Trinajstić information content (AvgIpc) is 3.09. The Morgan fingerprint density at radius 2 is 1.88 bits per heavy atom. The molecule has 9 heteroatoms. The normalized spacial score (nSPS) is 16.0. The SMILES string of the molecule is CC(C)S(=O)(=O)Nc1ccc2c(c1)CN(S(=O)(=O)c1cccs1)CC2. The number of benzene rings is 1. The molecule has 1 aromatic heterocycles. The Morgan fingerprint density at radius 3 is 2.52 bits per heavy atom. The van der Waals surface area contributed by atoms with Crippen molar-refractivity contribution >= 4 is 37.1 Å². The van der Waals surface area contributed by atoms with Crippen molar-refractivity contribution in [1.82, 2.24) is 4.31 Å². The van der Waals surface area contributed by atoms with Crippen molar-refractivity contribution in [2.45, 2.75) is 36.3 Å². The number of hydrogen-bond acceptors (Lipinski definition) is 5. The van der Waals surface area contributed by atoms with Gasteiger partial charge in [0.2, 0.25) is 10.0 Å². The van der Waals surface area contributed by atoms with Crippen LogP contribution in [-0.4, -0.2) is 32.9 Å². The van der Waals surface area contributed by atoms with E-state index in [0.717, 1.165) is 11.1 Å². The number of sulfonamides is 2. The first-order valence-corrected chi connectivity index (χ1v) is 11.7. The van der Waals surface area contributed by atoms with Gasteiger partial charge >= 0.3 is 0 Å². The Labute approximate surface area is 152 Å². The molecule has 0 unspecified atom stereocenters. The van der Waals surface area contributed by atoms with E-state index in [9.17, 15) is 16.8 Å². The molecule has 136 valence electrons. The number of thiophene rings is 1. The highest BCUT2D eigenvalue weighted by atomic mass is 32.2. The number of nitrogens with zero attached hydrogens (tertiary/aromatic N) is 1. The van der Waals surface area contributed by atoms with Crippen LogP contribution in [0.25, 0.3) is 0 Å². The second-order valence-corrected chi connectivity index (χ2v) is 11.5. The fourth-order valence-corrected chi connectivity index (χ4v) is 5.87. The quantitative estimate of drug-likeness (QED) is 0.836. The average molecular weight is 401 g/mol. The minimum absolute atomic E-state index is 0.243. The summed E-state index contributed by atoms with van der Waals surface area (Å²) >= 11 is 1.20. The molecule has 1 N–H and O–H groups in total. The number of nitrogens with one attached hydrogen (secondary N) is 1. The first kappa shape index (κ1) is 18.4. The largest absolute Gasteiger partial charge is 0.283 e. The summed E-state index contributed by atoms with van der Waals surface area (Å²) in [5.74, 6) is 0. The first-order chi connectivity index (χ1) is 11.7. The van der Waals surface area contributed by atoms with Gasteiger partial charge in [0.1, 0.15) is 4.21 Å². The molecule has 0 bridgehead atoms. The van der Waals surface area contributed by atoms with Crippen LogP contribution in [0.1, 0.15) is 25.0 Å². The van der Waals surface area contributed by atoms with Gasteiger partial charge in [-0.1, -0.05) is 12.1 Å². The second kappa shape index (κ2) is 6.71. The fraction of sp³-hybridized carbons (Fsp3) is 0.375. The highest BCUT2D eigenvalue weighted by Crippen LogP contribution is 2.29. The standard InChI is InChI=1S/C16H20N2O4S3/c1-12(2)24(19,20)17-15-6-5-13-7-8-18(11-14(13)10-15)25(21,22)16-4-3-9-23-16/h3-6,9-10,12,17H,7-8,11H2,1-2H3. The summed E-state index contributed by atoms with van der Waals surface area (Å²) in [6, 6.07) is 8.63. The molecule has 0 fully saturated rings. The summed E-state index contributed by atoms with van der Waals surface area (Å²) in [6.45, 7) is 3.88. The minimum Gasteiger partial charge on any atom is -0.283 e. The molecule has 0 radical (unpaired) electrons. The van der Waals surface area contributed by atoms with Gasteiger partial charge in [0.25, 0.3) is 10.0 Å². The minimum atomic E-state index is -3.51. The van der Waals surface area contributed by atoms with Crippen LogP contribution in [0.3, 0.4) is 0 Å². The van der Waals surface area contributed by atoms with E-state index in [1.54, 1.807) is 43.5 Å². The molecule has 1 aromatic carbocycles. The predicted octanol–water partition coefficient (Wildman–Crippen LogP) is 2.65. The molecular weight excluding hydrogens is 380 g/mol. The highest BCUT2D eigenvalue weighted by Gasteiger charge is 2.29. The van der Waals surface area contributed by atoms with E-state index < -0.39 is 25.3 Å². The third-order valence-corrected chi connectivity index (χ3v) is 9.13. The van der Waals surface area contributed by atoms with Crippen LogP contribution in [0.15, 0.2) is 39.9 Å². The molecule has 0 saturated heterocycles. The smallest absolute Gasteiger partial charge is 0.252 e. The molecule has 3 rings (SSSR count). The summed E-state index contributed by atoms with van der Waals surface area (Å²) in [7, 11) is -6.94. The molecule has 2 aromatic rings. The number of fused-ring (bicyclic) bond motifs is 1. The van der Waals surface area contributed by atoms with Crippen LogP contribution >= 0.6 is 11.3 Å². The molecule has 0 atom stereocenters. The van der Waals surface area contributed by atoms with Crippen molar-refractivity contribution in [1.29, 1.82) is 0 Å². The number of anilines is 1. The lowest BCUT2D eigenvalue weighted by atomic mass is 10.0. The number of hydrogen-bond donors (Lipinski definition) is 1. The summed E-state index contributed by atoms with van der Waals surface area (Å²) in [4.78, 5) is 0. The van der Waals surface area contributed by atoms with Crippen LogP contribution in [0.2, 0.25) is 0 Å². The maximum absolute atomic E-state index is 12.7. The van der Waals surface area contributed by atoms with E-state index in [1.807, 2.05) is 6.07 Å². The van der Waals surface area contributed by atoms with Crippen molar-refractivity contribution in [2.24, 2.45) is 0 Å². The molecule has 0 saturated carbocycles. The third kappa shape index (κ3) is 3.74. The lowest BCUT2D eigenvalue weighted by molar-refractivity contribution is 0.392. The van der Waals surface area contributed by atoms with Gasteiger partial charge < -0.3 is 0 Å². The summed E-state index contributed by atoms with van der Waals surface area (Å²) in [6.07, 6.45) is 0.608. The van der Waals surface area contributed by atoms with E-state index in [0.29, 0.717) is 22.9 Å². The van der Waals surface area contributed by atoms with Gasteiger partial charge in [-0.05, 0) is 55.0 Å². The van der Waals surface area contributed by atoms with Gasteiger partial charge in [0.05, 0.1) is 5.25 Å². The lowest BCUT2D eigenvalue weighted by Gasteiger charge is -2.28. The highest BCUT2D eigenvalue weighted by molar-refractivity contribution is 7.93. The van der Waals surface area contributed by atoms with Gasteiger partial charge in [0, 0.05) is 18.8 Å². The van der Waals surface area contributed by atoms with E-state index in [4.69, 9.17) is 0 Å². The maximum Gasteiger partial charge on any atom is 0.252 e. The summed E-state index contributed by atoms with van der Waals surface area (Å²) < 4.78 is 53.8. The summed E-state index contributed by atoms with van der Waals surface area (Å²) in [5.41, 5.74) is 2.34. The van der Waals surface area contributed by atoms with E-state index >= 15 is 0 Å². The lowest BCUT2D eigenvalue weighted by Crippen LogP contribution is -2.35. The van der Waals surface area contributed by atoms with Crippen LogP contribution in [0.4, 0.5) is 5.69 Å². The zero-order valence-corrected chi connectivity index (χ0v) is 16.4. The van der Waals surface area contributed by atoms with Crippen molar-refractivity contribution in [3.05, 3.63) is 46.8 Å². The molecule has 2 heterocycles. The third-order valence-electron chi connectivity index (χ3n) is 4.15. The number of rotatable bonds is 5. The van der Waals surface area contributed by atoms with E-state index in [1.165, 1.54) is 15.6 Å². The van der Waals surface area contributed by atoms with Gasteiger partial charge in [-0.2, -0.15) is 4.31 Å². The predicted molar refractivity (Wildman–Crippen MR) is 99.7 cm³/mol. The van der Waals surface area contributed by atoms with Gasteiger partial charge in [-0.25, -0.2) is 16.8 Å². The molecule has 1 aliphatic rings. The van der Waals surface area contributed by atoms with Crippen LogP contribution in [0, 0.1) is 0 Å². The Balaban J connectivity index is 1.87. The molecule has 0 spiro atoms. The van der Waals surface area contributed by atoms with Gasteiger partial charge in [0.15, 0.2) is 0 Å². The monoisotopic (exact) mass is 400 g/mol. The first-order valence-electron chi connectivity index (χ1n) is 7.87. The Kier molecular flexibility index (Phi) is 4.93. The van der Waals surface area contributed by atoms with Crippen LogP contribution < -0.4 is 4.72 Å². The maximum atomic E-state index is 12.7. The molecule has 1 aliphatic heterocycles. The molecule has 0 aliphatic carbocycles. The fourth-order valence-electron chi connectivity index (χ4n) is 2.62. The zero-order valence-electron chi connectivity index (χ0n) is 14.0. The summed E-state index contributed by atoms with van der Waals surface area (Å²) in [5, 5.41) is 1.20. The topological polar surface area (TPSA) is 83.6 Å². The molecule has 25 heavy (non-hydrogen) atoms. The Bertz CT molecular complexity index is 965. The molecule has 6 nitrogen and oxygen atoms in total. The Hall–Kier alpha value is -1.42. The molecule has 0 amide bonds. The Morgan fingerprint density at radius 1 is 1.12 bits per heavy atom. The molecular formula is C16H20N2O4S3. The van der Waals surface area contributed by atoms with Crippen LogP contribution in [0.5, 0.6) is 0 Å². The van der Waals surface area contributed by atoms with E-state index in [2.05, 4.69) is 4.72 Å².